The van der Waals surface area contributed by atoms with Crippen LogP contribution in [-0.2, 0) is 4.74 Å². The zero-order valence-electron chi connectivity index (χ0n) is 14.0. The fourth-order valence-corrected chi connectivity index (χ4v) is 2.39. The van der Waals surface area contributed by atoms with Crippen LogP contribution in [0.4, 0.5) is 4.79 Å². The van der Waals surface area contributed by atoms with Gasteiger partial charge in [-0.25, -0.2) is 4.79 Å². The Morgan fingerprint density at radius 2 is 2.21 bits per heavy atom. The molecule has 0 aliphatic heterocycles. The number of carbonyl (C=O) groups is 1. The van der Waals surface area contributed by atoms with Gasteiger partial charge in [-0.15, -0.1) is 0 Å². The van der Waals surface area contributed by atoms with Crippen molar-refractivity contribution in [1.29, 1.82) is 0 Å². The normalized spacial score (nSPS) is 11.8. The van der Waals surface area contributed by atoms with Gasteiger partial charge in [-0.05, 0) is 45.4 Å². The van der Waals surface area contributed by atoms with Gasteiger partial charge in [-0.1, -0.05) is 23.8 Å². The van der Waals surface area contributed by atoms with Gasteiger partial charge in [0.1, 0.15) is 16.9 Å². The molecule has 2 aromatic rings. The third-order valence-electron chi connectivity index (χ3n) is 3.12. The van der Waals surface area contributed by atoms with Crippen LogP contribution in [0.1, 0.15) is 32.8 Å². The highest BCUT2D eigenvalue weighted by molar-refractivity contribution is 6.35. The van der Waals surface area contributed by atoms with E-state index in [1.165, 1.54) is 0 Å². The Hall–Kier alpha value is -2.27. The highest BCUT2D eigenvalue weighted by Gasteiger charge is 2.15. The van der Waals surface area contributed by atoms with E-state index >= 15 is 0 Å². The Bertz CT molecular complexity index is 767. The zero-order valence-corrected chi connectivity index (χ0v) is 14.7. The van der Waals surface area contributed by atoms with Crippen molar-refractivity contribution in [2.75, 3.05) is 6.54 Å². The molecule has 2 rings (SSSR count). The van der Waals surface area contributed by atoms with Crippen LogP contribution >= 0.6 is 11.6 Å². The Labute approximate surface area is 146 Å². The van der Waals surface area contributed by atoms with Crippen LogP contribution < -0.4 is 5.32 Å². The number of ether oxygens (including phenoxy) is 1. The van der Waals surface area contributed by atoms with Gasteiger partial charge >= 0.3 is 6.09 Å². The van der Waals surface area contributed by atoms with Crippen LogP contribution in [0, 0.1) is 0 Å². The summed E-state index contributed by atoms with van der Waals surface area (Å²) in [5.74, 6) is 0.0892. The van der Waals surface area contributed by atoms with Crippen LogP contribution in [0.2, 0.25) is 5.02 Å². The summed E-state index contributed by atoms with van der Waals surface area (Å²) in [5, 5.41) is 14.2. The first-order chi connectivity index (χ1) is 11.3. The molecule has 0 spiro atoms. The van der Waals surface area contributed by atoms with Gasteiger partial charge in [0.25, 0.3) is 0 Å². The SMILES string of the molecule is CC(C)(C)OC(=O)NCCC=Cc1cc(Cl)c2cccnc2c1O. The maximum Gasteiger partial charge on any atom is 0.407 e. The summed E-state index contributed by atoms with van der Waals surface area (Å²) in [6.07, 6.45) is 5.35. The molecule has 1 aromatic carbocycles. The van der Waals surface area contributed by atoms with Crippen molar-refractivity contribution in [1.82, 2.24) is 10.3 Å². The van der Waals surface area contributed by atoms with E-state index in [1.54, 1.807) is 24.4 Å². The number of fused-ring (bicyclic) bond motifs is 1. The molecule has 0 saturated carbocycles. The Morgan fingerprint density at radius 1 is 1.46 bits per heavy atom. The monoisotopic (exact) mass is 348 g/mol. The van der Waals surface area contributed by atoms with Crippen LogP contribution in [0.25, 0.3) is 17.0 Å². The summed E-state index contributed by atoms with van der Waals surface area (Å²) in [7, 11) is 0. The minimum atomic E-state index is -0.513. The smallest absolute Gasteiger partial charge is 0.407 e. The summed E-state index contributed by atoms with van der Waals surface area (Å²) in [5.41, 5.74) is 0.542. The fourth-order valence-electron chi connectivity index (χ4n) is 2.12. The maximum absolute atomic E-state index is 11.5. The predicted octanol–water partition coefficient (Wildman–Crippen LogP) is 4.52. The largest absolute Gasteiger partial charge is 0.505 e. The van der Waals surface area contributed by atoms with Gasteiger partial charge in [0.2, 0.25) is 0 Å². The number of benzene rings is 1. The predicted molar refractivity (Wildman–Crippen MR) is 96.3 cm³/mol. The van der Waals surface area contributed by atoms with Crippen LogP contribution in [0.3, 0.4) is 0 Å². The average Bonchev–Trinajstić information content (AvgIpc) is 2.50. The summed E-state index contributed by atoms with van der Waals surface area (Å²) in [6, 6.07) is 5.27. The van der Waals surface area contributed by atoms with E-state index in [2.05, 4.69) is 10.3 Å². The third-order valence-corrected chi connectivity index (χ3v) is 3.43. The molecule has 0 aliphatic rings. The molecule has 24 heavy (non-hydrogen) atoms. The number of aromatic hydroxyl groups is 1. The van der Waals surface area contributed by atoms with E-state index in [4.69, 9.17) is 16.3 Å². The standard InChI is InChI=1S/C18H21ClN2O3/c1-18(2,3)24-17(23)21-9-5-4-7-12-11-14(19)13-8-6-10-20-15(13)16(12)22/h4,6-8,10-11,22H,5,9H2,1-3H3,(H,21,23). The Morgan fingerprint density at radius 3 is 2.92 bits per heavy atom. The molecule has 2 N–H and O–H groups in total. The first kappa shape index (κ1) is 18.1. The molecule has 1 heterocycles. The minimum Gasteiger partial charge on any atom is -0.505 e. The number of carbonyl (C=O) groups excluding carboxylic acids is 1. The second-order valence-electron chi connectivity index (χ2n) is 6.32. The van der Waals surface area contributed by atoms with Crippen molar-refractivity contribution in [3.63, 3.8) is 0 Å². The highest BCUT2D eigenvalue weighted by atomic mass is 35.5. The Balaban J connectivity index is 1.97. The van der Waals surface area contributed by atoms with Crippen molar-refractivity contribution in [2.24, 2.45) is 0 Å². The summed E-state index contributed by atoms with van der Waals surface area (Å²) in [4.78, 5) is 15.7. The summed E-state index contributed by atoms with van der Waals surface area (Å²) in [6.45, 7) is 5.87. The quantitative estimate of drug-likeness (QED) is 0.797. The number of nitrogens with one attached hydrogen (secondary N) is 1. The highest BCUT2D eigenvalue weighted by Crippen LogP contribution is 2.33. The molecule has 5 nitrogen and oxygen atoms in total. The first-order valence-electron chi connectivity index (χ1n) is 7.67. The third kappa shape index (κ3) is 4.86. The number of pyridine rings is 1. The van der Waals surface area contributed by atoms with E-state index in [0.29, 0.717) is 34.5 Å². The molecular formula is C18H21ClN2O3. The minimum absolute atomic E-state index is 0.0892. The Kier molecular flexibility index (Phi) is 5.67. The molecular weight excluding hydrogens is 328 g/mol. The number of rotatable bonds is 4. The number of aromatic nitrogens is 1. The molecule has 0 atom stereocenters. The van der Waals surface area contributed by atoms with E-state index in [9.17, 15) is 9.90 Å². The van der Waals surface area contributed by atoms with Crippen molar-refractivity contribution < 1.29 is 14.6 Å². The fraction of sp³-hybridized carbons (Fsp3) is 0.333. The average molecular weight is 349 g/mol. The molecule has 0 unspecified atom stereocenters. The van der Waals surface area contributed by atoms with Crippen molar-refractivity contribution in [3.8, 4) is 5.75 Å². The number of halogens is 1. The molecule has 0 radical (unpaired) electrons. The molecule has 128 valence electrons. The molecule has 0 bridgehead atoms. The van der Waals surface area contributed by atoms with Gasteiger partial charge in [0.15, 0.2) is 0 Å². The lowest BCUT2D eigenvalue weighted by Gasteiger charge is -2.19. The van der Waals surface area contributed by atoms with Crippen LogP contribution in [0.15, 0.2) is 30.5 Å². The lowest BCUT2D eigenvalue weighted by atomic mass is 10.1. The number of alkyl carbamates (subject to hydrolysis) is 1. The van der Waals surface area contributed by atoms with E-state index in [0.717, 1.165) is 0 Å². The van der Waals surface area contributed by atoms with E-state index in [-0.39, 0.29) is 5.75 Å². The number of hydrogen-bond acceptors (Lipinski definition) is 4. The molecule has 0 fully saturated rings. The maximum atomic E-state index is 11.5. The second kappa shape index (κ2) is 7.53. The van der Waals surface area contributed by atoms with Crippen molar-refractivity contribution in [2.45, 2.75) is 32.8 Å². The lowest BCUT2D eigenvalue weighted by Crippen LogP contribution is -2.32. The summed E-state index contributed by atoms with van der Waals surface area (Å²) < 4.78 is 5.15. The molecule has 1 aromatic heterocycles. The van der Waals surface area contributed by atoms with Crippen molar-refractivity contribution in [3.05, 3.63) is 41.1 Å². The number of phenolic OH excluding ortho intramolecular Hbond substituents is 1. The number of hydrogen-bond donors (Lipinski definition) is 2. The number of nitrogens with zero attached hydrogens (tertiary/aromatic N) is 1. The van der Waals surface area contributed by atoms with Crippen LogP contribution in [-0.4, -0.2) is 28.3 Å². The molecule has 0 saturated heterocycles. The van der Waals surface area contributed by atoms with Crippen LogP contribution in [0.5, 0.6) is 5.75 Å². The van der Waals surface area contributed by atoms with E-state index in [1.807, 2.05) is 32.9 Å². The van der Waals surface area contributed by atoms with Gasteiger partial charge in [-0.3, -0.25) is 4.98 Å². The van der Waals surface area contributed by atoms with Gasteiger partial charge in [0.05, 0.1) is 5.02 Å². The molecule has 6 heteroatoms. The second-order valence-corrected chi connectivity index (χ2v) is 6.72. The molecule has 1 amide bonds. The van der Waals surface area contributed by atoms with E-state index < -0.39 is 11.7 Å². The number of phenols is 1. The number of amides is 1. The molecule has 0 aliphatic carbocycles. The zero-order chi connectivity index (χ0) is 17.7. The van der Waals surface area contributed by atoms with Gasteiger partial charge < -0.3 is 15.2 Å². The van der Waals surface area contributed by atoms with Gasteiger partial charge in [0, 0.05) is 23.7 Å². The topological polar surface area (TPSA) is 71.5 Å². The van der Waals surface area contributed by atoms with Gasteiger partial charge in [-0.2, -0.15) is 0 Å². The summed E-state index contributed by atoms with van der Waals surface area (Å²) >= 11 is 6.22. The lowest BCUT2D eigenvalue weighted by molar-refractivity contribution is 0.0529. The van der Waals surface area contributed by atoms with Crippen molar-refractivity contribution >= 4 is 34.7 Å². The first-order valence-corrected chi connectivity index (χ1v) is 8.05.